The van der Waals surface area contributed by atoms with E-state index in [1.165, 1.54) is 11.0 Å². The first-order valence-electron chi connectivity index (χ1n) is 6.92. The summed E-state index contributed by atoms with van der Waals surface area (Å²) in [4.78, 5) is 24.4. The summed E-state index contributed by atoms with van der Waals surface area (Å²) in [5, 5.41) is 3.39. The number of hydrogen-bond donors (Lipinski definition) is 2. The summed E-state index contributed by atoms with van der Waals surface area (Å²) in [5.74, 6) is -0.227. The Labute approximate surface area is 133 Å². The lowest BCUT2D eigenvalue weighted by atomic mass is 10.2. The number of carbonyl (C=O) groups excluding carboxylic acids is 2. The van der Waals surface area contributed by atoms with Gasteiger partial charge in [0.1, 0.15) is 0 Å². The largest absolute Gasteiger partial charge is 0.373 e. The number of morpholine rings is 1. The number of amides is 3. The van der Waals surface area contributed by atoms with Crippen LogP contribution in [0.5, 0.6) is 0 Å². The number of hydrogen-bond acceptors (Lipinski definition) is 3. The highest BCUT2D eigenvalue weighted by molar-refractivity contribution is 6.30. The van der Waals surface area contributed by atoms with Gasteiger partial charge in [-0.25, -0.2) is 4.79 Å². The van der Waals surface area contributed by atoms with E-state index < -0.39 is 6.03 Å². The molecule has 1 atom stereocenters. The van der Waals surface area contributed by atoms with Crippen molar-refractivity contribution in [2.45, 2.75) is 6.10 Å². The quantitative estimate of drug-likeness (QED) is 0.818. The molecule has 118 valence electrons. The predicted octanol–water partition coefficient (Wildman–Crippen LogP) is 1.25. The van der Waals surface area contributed by atoms with Crippen molar-refractivity contribution < 1.29 is 14.3 Å². The van der Waals surface area contributed by atoms with Gasteiger partial charge >= 0.3 is 6.03 Å². The standard InChI is InChI=1S/C15H18ClN3O3/c16-12-4-1-11(2-5-12)3-6-14(20)18-9-13-10-19(15(17)21)7-8-22-13/h1-6,13H,7-10H2,(H2,17,21)(H,18,20). The maximum Gasteiger partial charge on any atom is 0.314 e. The van der Waals surface area contributed by atoms with Gasteiger partial charge in [0.25, 0.3) is 0 Å². The second kappa shape index (κ2) is 7.82. The van der Waals surface area contributed by atoms with Crippen LogP contribution in [0.3, 0.4) is 0 Å². The smallest absolute Gasteiger partial charge is 0.314 e. The number of rotatable bonds is 4. The summed E-state index contributed by atoms with van der Waals surface area (Å²) < 4.78 is 5.48. The van der Waals surface area contributed by atoms with E-state index in [9.17, 15) is 9.59 Å². The van der Waals surface area contributed by atoms with Crippen molar-refractivity contribution in [2.24, 2.45) is 5.73 Å². The number of urea groups is 1. The molecule has 1 unspecified atom stereocenters. The molecule has 0 radical (unpaired) electrons. The lowest BCUT2D eigenvalue weighted by Gasteiger charge is -2.31. The topological polar surface area (TPSA) is 84.7 Å². The molecule has 1 aliphatic rings. The highest BCUT2D eigenvalue weighted by atomic mass is 35.5. The molecule has 1 saturated heterocycles. The maximum atomic E-state index is 11.8. The number of nitrogens with zero attached hydrogens (tertiary/aromatic N) is 1. The first-order chi connectivity index (χ1) is 10.5. The molecule has 22 heavy (non-hydrogen) atoms. The van der Waals surface area contributed by atoms with Gasteiger partial charge in [0.05, 0.1) is 19.3 Å². The Bertz CT molecular complexity index is 560. The third-order valence-electron chi connectivity index (χ3n) is 3.25. The van der Waals surface area contributed by atoms with Gasteiger partial charge in [0, 0.05) is 24.2 Å². The van der Waals surface area contributed by atoms with Crippen LogP contribution in [0.2, 0.25) is 5.02 Å². The van der Waals surface area contributed by atoms with E-state index in [0.29, 0.717) is 31.3 Å². The fourth-order valence-corrected chi connectivity index (χ4v) is 2.19. The number of carbonyl (C=O) groups is 2. The fourth-order valence-electron chi connectivity index (χ4n) is 2.06. The van der Waals surface area contributed by atoms with Crippen molar-refractivity contribution in [2.75, 3.05) is 26.2 Å². The van der Waals surface area contributed by atoms with Crippen LogP contribution >= 0.6 is 11.6 Å². The van der Waals surface area contributed by atoms with Gasteiger partial charge in [-0.3, -0.25) is 4.79 Å². The van der Waals surface area contributed by atoms with Crippen molar-refractivity contribution >= 4 is 29.6 Å². The van der Waals surface area contributed by atoms with Crippen LogP contribution in [0.4, 0.5) is 4.79 Å². The normalized spacial score (nSPS) is 18.4. The third kappa shape index (κ3) is 5.05. The Morgan fingerprint density at radius 1 is 1.41 bits per heavy atom. The average Bonchev–Trinajstić information content (AvgIpc) is 2.52. The molecule has 1 aromatic carbocycles. The number of primary amides is 1. The maximum absolute atomic E-state index is 11.8. The molecule has 7 heteroatoms. The molecule has 0 aromatic heterocycles. The highest BCUT2D eigenvalue weighted by Gasteiger charge is 2.22. The van der Waals surface area contributed by atoms with Crippen LogP contribution < -0.4 is 11.1 Å². The summed E-state index contributed by atoms with van der Waals surface area (Å²) in [6.45, 7) is 1.62. The van der Waals surface area contributed by atoms with Crippen LogP contribution in [0, 0.1) is 0 Å². The van der Waals surface area contributed by atoms with Crippen LogP contribution in [-0.2, 0) is 9.53 Å². The SMILES string of the molecule is NC(=O)N1CCOC(CNC(=O)C=Cc2ccc(Cl)cc2)C1. The molecule has 3 amide bonds. The first kappa shape index (κ1) is 16.3. The van der Waals surface area contributed by atoms with Gasteiger partial charge < -0.3 is 20.7 Å². The van der Waals surface area contributed by atoms with Gasteiger partial charge in [-0.1, -0.05) is 23.7 Å². The number of ether oxygens (including phenoxy) is 1. The van der Waals surface area contributed by atoms with Crippen molar-refractivity contribution in [1.29, 1.82) is 0 Å². The summed E-state index contributed by atoms with van der Waals surface area (Å²) in [6.07, 6.45) is 2.90. The van der Waals surface area contributed by atoms with E-state index in [-0.39, 0.29) is 12.0 Å². The molecule has 0 aliphatic carbocycles. The molecule has 1 aromatic rings. The van der Waals surface area contributed by atoms with Gasteiger partial charge in [0.15, 0.2) is 0 Å². The van der Waals surface area contributed by atoms with E-state index in [1.54, 1.807) is 18.2 Å². The minimum absolute atomic E-state index is 0.227. The molecule has 3 N–H and O–H groups in total. The van der Waals surface area contributed by atoms with E-state index in [2.05, 4.69) is 5.32 Å². The summed E-state index contributed by atoms with van der Waals surface area (Å²) >= 11 is 5.79. The highest BCUT2D eigenvalue weighted by Crippen LogP contribution is 2.10. The van der Waals surface area contributed by atoms with Crippen molar-refractivity contribution in [3.05, 3.63) is 40.9 Å². The molecule has 0 saturated carbocycles. The Hall–Kier alpha value is -2.05. The Balaban J connectivity index is 1.77. The molecular weight excluding hydrogens is 306 g/mol. The first-order valence-corrected chi connectivity index (χ1v) is 7.30. The molecule has 2 rings (SSSR count). The van der Waals surface area contributed by atoms with Crippen LogP contribution in [0.25, 0.3) is 6.08 Å². The fraction of sp³-hybridized carbons (Fsp3) is 0.333. The molecular formula is C15H18ClN3O3. The van der Waals surface area contributed by atoms with E-state index in [0.717, 1.165) is 5.56 Å². The van der Waals surface area contributed by atoms with Crippen LogP contribution in [0.15, 0.2) is 30.3 Å². The van der Waals surface area contributed by atoms with Crippen molar-refractivity contribution in [3.8, 4) is 0 Å². The second-order valence-corrected chi connectivity index (χ2v) is 5.34. The number of halogens is 1. The van der Waals surface area contributed by atoms with E-state index in [4.69, 9.17) is 22.1 Å². The number of benzene rings is 1. The molecule has 1 fully saturated rings. The Morgan fingerprint density at radius 2 is 2.14 bits per heavy atom. The Kier molecular flexibility index (Phi) is 5.80. The number of nitrogens with one attached hydrogen (secondary N) is 1. The van der Waals surface area contributed by atoms with Crippen LogP contribution in [-0.4, -0.2) is 49.2 Å². The lowest BCUT2D eigenvalue weighted by Crippen LogP contribution is -2.51. The van der Waals surface area contributed by atoms with Gasteiger partial charge in [-0.05, 0) is 23.8 Å². The molecule has 6 nitrogen and oxygen atoms in total. The zero-order valence-corrected chi connectivity index (χ0v) is 12.8. The predicted molar refractivity (Wildman–Crippen MR) is 84.4 cm³/mol. The van der Waals surface area contributed by atoms with Crippen molar-refractivity contribution in [3.63, 3.8) is 0 Å². The summed E-state index contributed by atoms with van der Waals surface area (Å²) in [7, 11) is 0. The zero-order valence-electron chi connectivity index (χ0n) is 12.0. The van der Waals surface area contributed by atoms with Gasteiger partial charge in [-0.15, -0.1) is 0 Å². The molecule has 1 aliphatic heterocycles. The average molecular weight is 324 g/mol. The molecule has 0 bridgehead atoms. The molecule has 0 spiro atoms. The van der Waals surface area contributed by atoms with Gasteiger partial charge in [-0.2, -0.15) is 0 Å². The zero-order chi connectivity index (χ0) is 15.9. The summed E-state index contributed by atoms with van der Waals surface area (Å²) in [5.41, 5.74) is 6.11. The van der Waals surface area contributed by atoms with E-state index >= 15 is 0 Å². The number of nitrogens with two attached hydrogens (primary N) is 1. The Morgan fingerprint density at radius 3 is 2.82 bits per heavy atom. The monoisotopic (exact) mass is 323 g/mol. The minimum Gasteiger partial charge on any atom is -0.373 e. The minimum atomic E-state index is -0.470. The van der Waals surface area contributed by atoms with Gasteiger partial charge in [0.2, 0.25) is 5.91 Å². The third-order valence-corrected chi connectivity index (χ3v) is 3.50. The van der Waals surface area contributed by atoms with Crippen LogP contribution in [0.1, 0.15) is 5.56 Å². The summed E-state index contributed by atoms with van der Waals surface area (Å²) in [6, 6.07) is 6.69. The lowest BCUT2D eigenvalue weighted by molar-refractivity contribution is -0.117. The molecule has 1 heterocycles. The van der Waals surface area contributed by atoms with Crippen molar-refractivity contribution in [1.82, 2.24) is 10.2 Å². The van der Waals surface area contributed by atoms with E-state index in [1.807, 2.05) is 12.1 Å². The second-order valence-electron chi connectivity index (χ2n) is 4.91.